The van der Waals surface area contributed by atoms with Gasteiger partial charge in [-0.2, -0.15) is 0 Å². The molecule has 0 spiro atoms. The van der Waals surface area contributed by atoms with Gasteiger partial charge in [0, 0.05) is 37.8 Å². The molecule has 0 bridgehead atoms. The highest BCUT2D eigenvalue weighted by atomic mass is 16.6. The molecule has 7 nitrogen and oxygen atoms in total. The van der Waals surface area contributed by atoms with E-state index in [4.69, 9.17) is 0 Å². The van der Waals surface area contributed by atoms with E-state index < -0.39 is 4.92 Å². The van der Waals surface area contributed by atoms with Crippen molar-refractivity contribution in [1.29, 1.82) is 0 Å². The quantitative estimate of drug-likeness (QED) is 0.661. The highest BCUT2D eigenvalue weighted by Gasteiger charge is 2.27. The molecule has 1 fully saturated rings. The summed E-state index contributed by atoms with van der Waals surface area (Å²) in [6.45, 7) is 0.342. The van der Waals surface area contributed by atoms with E-state index in [0.717, 1.165) is 0 Å². The summed E-state index contributed by atoms with van der Waals surface area (Å²) in [6.07, 6.45) is 0.881. The first-order valence-electron chi connectivity index (χ1n) is 6.28. The van der Waals surface area contributed by atoms with Crippen molar-refractivity contribution in [3.8, 4) is 0 Å². The Morgan fingerprint density at radius 3 is 2.55 bits per heavy atom. The number of nitro groups is 1. The Bertz CT molecular complexity index is 531. The Morgan fingerprint density at radius 2 is 2.05 bits per heavy atom. The highest BCUT2D eigenvalue weighted by Crippen LogP contribution is 2.21. The summed E-state index contributed by atoms with van der Waals surface area (Å²) in [7, 11) is 1.62. The summed E-state index contributed by atoms with van der Waals surface area (Å²) in [5.41, 5.74) is 0.581. The number of anilines is 1. The number of amides is 2. The summed E-state index contributed by atoms with van der Waals surface area (Å²) in [5.74, 6) is -0.376. The maximum atomic E-state index is 12.3. The summed E-state index contributed by atoms with van der Waals surface area (Å²) in [5, 5.41) is 13.2. The number of piperidine rings is 1. The van der Waals surface area contributed by atoms with Crippen LogP contribution >= 0.6 is 0 Å². The smallest absolute Gasteiger partial charge is 0.269 e. The van der Waals surface area contributed by atoms with Crippen molar-refractivity contribution < 1.29 is 14.5 Å². The number of nitro benzene ring substituents is 1. The zero-order valence-electron chi connectivity index (χ0n) is 11.0. The molecule has 0 saturated carbocycles. The molecule has 1 atom stereocenters. The van der Waals surface area contributed by atoms with Gasteiger partial charge in [-0.3, -0.25) is 19.7 Å². The van der Waals surface area contributed by atoms with Gasteiger partial charge in [0.2, 0.25) is 11.8 Å². The molecule has 1 heterocycles. The predicted molar refractivity (Wildman–Crippen MR) is 72.2 cm³/mol. The second-order valence-corrected chi connectivity index (χ2v) is 4.71. The van der Waals surface area contributed by atoms with Gasteiger partial charge in [-0.1, -0.05) is 0 Å². The fourth-order valence-corrected chi connectivity index (χ4v) is 2.14. The van der Waals surface area contributed by atoms with Crippen LogP contribution < -0.4 is 10.2 Å². The third kappa shape index (κ3) is 2.93. The average Bonchev–Trinajstić information content (AvgIpc) is 2.46. The van der Waals surface area contributed by atoms with E-state index in [2.05, 4.69) is 5.32 Å². The lowest BCUT2D eigenvalue weighted by atomic mass is 9.97. The topological polar surface area (TPSA) is 92.6 Å². The Morgan fingerprint density at radius 1 is 1.40 bits per heavy atom. The van der Waals surface area contributed by atoms with Crippen molar-refractivity contribution >= 4 is 23.2 Å². The summed E-state index contributed by atoms with van der Waals surface area (Å²) < 4.78 is 0. The Hall–Kier alpha value is -2.44. The zero-order chi connectivity index (χ0) is 14.7. The molecule has 2 amide bonds. The molecule has 1 saturated heterocycles. The van der Waals surface area contributed by atoms with Crippen LogP contribution in [0.3, 0.4) is 0 Å². The summed E-state index contributed by atoms with van der Waals surface area (Å²) >= 11 is 0. The molecule has 20 heavy (non-hydrogen) atoms. The Balaban J connectivity index is 2.06. The van der Waals surface area contributed by atoms with Gasteiger partial charge in [-0.25, -0.2) is 0 Å². The van der Waals surface area contributed by atoms with E-state index in [-0.39, 0.29) is 23.4 Å². The second kappa shape index (κ2) is 5.68. The first-order chi connectivity index (χ1) is 9.49. The van der Waals surface area contributed by atoms with Gasteiger partial charge in [-0.05, 0) is 18.6 Å². The number of carbonyl (C=O) groups is 2. The van der Waals surface area contributed by atoms with E-state index >= 15 is 0 Å². The molecule has 0 aliphatic carbocycles. The molecular formula is C13H15N3O4. The van der Waals surface area contributed by atoms with Gasteiger partial charge in [0.25, 0.3) is 5.69 Å². The highest BCUT2D eigenvalue weighted by molar-refractivity contribution is 5.95. The lowest BCUT2D eigenvalue weighted by Crippen LogP contribution is -2.43. The van der Waals surface area contributed by atoms with E-state index in [1.165, 1.54) is 29.2 Å². The number of rotatable bonds is 3. The van der Waals surface area contributed by atoms with Crippen LogP contribution in [-0.4, -0.2) is 30.3 Å². The Labute approximate surface area is 115 Å². The van der Waals surface area contributed by atoms with E-state index in [1.807, 2.05) is 0 Å². The fraction of sp³-hybridized carbons (Fsp3) is 0.385. The number of benzene rings is 1. The molecule has 7 heteroatoms. The lowest BCUT2D eigenvalue weighted by molar-refractivity contribution is -0.384. The van der Waals surface area contributed by atoms with Gasteiger partial charge >= 0.3 is 0 Å². The molecule has 1 unspecified atom stereocenters. The van der Waals surface area contributed by atoms with Gasteiger partial charge in [0.05, 0.1) is 10.8 Å². The monoisotopic (exact) mass is 277 g/mol. The van der Waals surface area contributed by atoms with Crippen molar-refractivity contribution in [2.24, 2.45) is 5.92 Å². The first kappa shape index (κ1) is 14.0. The third-order valence-corrected chi connectivity index (χ3v) is 3.39. The minimum absolute atomic E-state index is 0.0143. The van der Waals surface area contributed by atoms with Crippen LogP contribution in [0.25, 0.3) is 0 Å². The minimum atomic E-state index is -0.484. The number of nitrogens with one attached hydrogen (secondary N) is 1. The number of non-ortho nitro benzene ring substituents is 1. The Kier molecular flexibility index (Phi) is 3.97. The standard InChI is InChI=1S/C13H15N3O4/c1-15(10-3-5-11(6-4-10)16(19)20)13(18)9-2-7-12(17)14-8-9/h3-6,9H,2,7-8H2,1H3,(H,14,17). The van der Waals surface area contributed by atoms with Crippen molar-refractivity contribution in [2.75, 3.05) is 18.5 Å². The van der Waals surface area contributed by atoms with Crippen LogP contribution in [0, 0.1) is 16.0 Å². The van der Waals surface area contributed by atoms with Gasteiger partial charge < -0.3 is 10.2 Å². The molecular weight excluding hydrogens is 262 g/mol. The summed E-state index contributed by atoms with van der Waals surface area (Å²) in [6, 6.07) is 5.80. The van der Waals surface area contributed by atoms with Crippen LogP contribution in [0.1, 0.15) is 12.8 Å². The molecule has 106 valence electrons. The third-order valence-electron chi connectivity index (χ3n) is 3.39. The second-order valence-electron chi connectivity index (χ2n) is 4.71. The fourth-order valence-electron chi connectivity index (χ4n) is 2.14. The largest absolute Gasteiger partial charge is 0.355 e. The molecule has 1 N–H and O–H groups in total. The lowest BCUT2D eigenvalue weighted by Gasteiger charge is -2.26. The van der Waals surface area contributed by atoms with Crippen LogP contribution in [0.2, 0.25) is 0 Å². The molecule has 2 rings (SSSR count). The molecule has 0 aromatic heterocycles. The number of hydrogen-bond acceptors (Lipinski definition) is 4. The summed E-state index contributed by atoms with van der Waals surface area (Å²) in [4.78, 5) is 34.9. The van der Waals surface area contributed by atoms with Gasteiger partial charge in [0.1, 0.15) is 0 Å². The SMILES string of the molecule is CN(C(=O)C1CCC(=O)NC1)c1ccc([N+](=O)[O-])cc1. The van der Waals surface area contributed by atoms with Crippen molar-refractivity contribution in [3.63, 3.8) is 0 Å². The normalized spacial score (nSPS) is 18.2. The number of nitrogens with zero attached hydrogens (tertiary/aromatic N) is 2. The van der Waals surface area contributed by atoms with Gasteiger partial charge in [-0.15, -0.1) is 0 Å². The van der Waals surface area contributed by atoms with Crippen molar-refractivity contribution in [3.05, 3.63) is 34.4 Å². The zero-order valence-corrected chi connectivity index (χ0v) is 11.0. The van der Waals surface area contributed by atoms with Gasteiger partial charge in [0.15, 0.2) is 0 Å². The molecule has 1 aromatic rings. The van der Waals surface area contributed by atoms with Crippen LogP contribution in [0.15, 0.2) is 24.3 Å². The number of hydrogen-bond donors (Lipinski definition) is 1. The molecule has 1 aliphatic heterocycles. The maximum Gasteiger partial charge on any atom is 0.269 e. The van der Waals surface area contributed by atoms with E-state index in [9.17, 15) is 19.7 Å². The predicted octanol–water partition coefficient (Wildman–Crippen LogP) is 1.08. The van der Waals surface area contributed by atoms with Crippen molar-refractivity contribution in [2.45, 2.75) is 12.8 Å². The maximum absolute atomic E-state index is 12.3. The van der Waals surface area contributed by atoms with Crippen LogP contribution in [-0.2, 0) is 9.59 Å². The molecule has 0 radical (unpaired) electrons. The molecule has 1 aliphatic rings. The average molecular weight is 277 g/mol. The van der Waals surface area contributed by atoms with E-state index in [0.29, 0.717) is 25.1 Å². The van der Waals surface area contributed by atoms with Crippen molar-refractivity contribution in [1.82, 2.24) is 5.32 Å². The molecule has 1 aromatic carbocycles. The number of carbonyl (C=O) groups excluding carboxylic acids is 2. The van der Waals surface area contributed by atoms with E-state index in [1.54, 1.807) is 7.05 Å². The minimum Gasteiger partial charge on any atom is -0.355 e. The van der Waals surface area contributed by atoms with Crippen LogP contribution in [0.4, 0.5) is 11.4 Å². The first-order valence-corrected chi connectivity index (χ1v) is 6.28. The van der Waals surface area contributed by atoms with Crippen LogP contribution in [0.5, 0.6) is 0 Å².